The van der Waals surface area contributed by atoms with E-state index in [2.05, 4.69) is 0 Å². The second kappa shape index (κ2) is 5.97. The average Bonchev–Trinajstić information content (AvgIpc) is 2.25. The quantitative estimate of drug-likeness (QED) is 0.797. The van der Waals surface area contributed by atoms with Gasteiger partial charge in [-0.05, 0) is 24.6 Å². The van der Waals surface area contributed by atoms with Crippen molar-refractivity contribution in [1.82, 2.24) is 0 Å². The molecule has 17 heavy (non-hydrogen) atoms. The van der Waals surface area contributed by atoms with E-state index in [1.54, 1.807) is 0 Å². The van der Waals surface area contributed by atoms with Gasteiger partial charge in [-0.15, -0.1) is 0 Å². The van der Waals surface area contributed by atoms with Crippen LogP contribution in [0.4, 0.5) is 4.39 Å². The summed E-state index contributed by atoms with van der Waals surface area (Å²) in [5, 5.41) is 4.98. The Kier molecular flexibility index (Phi) is 4.89. The Morgan fingerprint density at radius 1 is 1.35 bits per heavy atom. The molecular formula is C11H16FNO3S. The van der Waals surface area contributed by atoms with Gasteiger partial charge in [-0.3, -0.25) is 0 Å². The van der Waals surface area contributed by atoms with Crippen molar-refractivity contribution in [3.05, 3.63) is 24.0 Å². The number of hydrogen-bond acceptors (Lipinski definition) is 3. The van der Waals surface area contributed by atoms with Gasteiger partial charge in [-0.25, -0.2) is 17.9 Å². The van der Waals surface area contributed by atoms with Crippen LogP contribution >= 0.6 is 0 Å². The zero-order valence-electron chi connectivity index (χ0n) is 9.65. The molecule has 0 fully saturated rings. The third kappa shape index (κ3) is 4.32. The van der Waals surface area contributed by atoms with Crippen molar-refractivity contribution in [2.24, 2.45) is 5.14 Å². The largest absolute Gasteiger partial charge is 0.492 e. The van der Waals surface area contributed by atoms with Crippen molar-refractivity contribution in [2.45, 2.75) is 31.1 Å². The van der Waals surface area contributed by atoms with Crippen LogP contribution in [0.15, 0.2) is 23.1 Å². The van der Waals surface area contributed by atoms with Crippen LogP contribution in [-0.4, -0.2) is 15.0 Å². The van der Waals surface area contributed by atoms with Crippen LogP contribution in [0.25, 0.3) is 0 Å². The van der Waals surface area contributed by atoms with Gasteiger partial charge in [0.2, 0.25) is 10.0 Å². The van der Waals surface area contributed by atoms with Gasteiger partial charge < -0.3 is 4.74 Å². The maximum atomic E-state index is 12.9. The van der Waals surface area contributed by atoms with E-state index in [0.29, 0.717) is 6.61 Å². The minimum atomic E-state index is -3.96. The van der Waals surface area contributed by atoms with Crippen LogP contribution in [0.1, 0.15) is 26.2 Å². The number of benzene rings is 1. The standard InChI is InChI=1S/C11H16FNO3S/c1-2-3-4-7-16-10-6-5-9(12)8-11(10)17(13,14)15/h5-6,8H,2-4,7H2,1H3,(H2,13,14,15). The fourth-order valence-corrected chi connectivity index (χ4v) is 2.04. The summed E-state index contributed by atoms with van der Waals surface area (Å²) in [5.41, 5.74) is 0. The summed E-state index contributed by atoms with van der Waals surface area (Å²) in [4.78, 5) is -0.311. The van der Waals surface area contributed by atoms with E-state index < -0.39 is 15.8 Å². The Balaban J connectivity index is 2.84. The Morgan fingerprint density at radius 2 is 2.06 bits per heavy atom. The van der Waals surface area contributed by atoms with E-state index in [9.17, 15) is 12.8 Å². The maximum Gasteiger partial charge on any atom is 0.241 e. The number of hydrogen-bond donors (Lipinski definition) is 1. The molecule has 0 atom stereocenters. The molecule has 0 bridgehead atoms. The number of ether oxygens (including phenoxy) is 1. The molecule has 0 heterocycles. The highest BCUT2D eigenvalue weighted by Crippen LogP contribution is 2.23. The summed E-state index contributed by atoms with van der Waals surface area (Å²) >= 11 is 0. The van der Waals surface area contributed by atoms with Crippen molar-refractivity contribution < 1.29 is 17.5 Å². The summed E-state index contributed by atoms with van der Waals surface area (Å²) in [7, 11) is -3.96. The van der Waals surface area contributed by atoms with E-state index in [1.165, 1.54) is 6.07 Å². The van der Waals surface area contributed by atoms with Gasteiger partial charge in [0.1, 0.15) is 16.5 Å². The number of halogens is 1. The van der Waals surface area contributed by atoms with Gasteiger partial charge in [0.15, 0.2) is 0 Å². The first-order valence-corrected chi connectivity index (χ1v) is 6.95. The van der Waals surface area contributed by atoms with Gasteiger partial charge in [0, 0.05) is 0 Å². The van der Waals surface area contributed by atoms with E-state index in [4.69, 9.17) is 9.88 Å². The molecule has 0 saturated carbocycles. The molecule has 1 aromatic carbocycles. The highest BCUT2D eigenvalue weighted by Gasteiger charge is 2.16. The lowest BCUT2D eigenvalue weighted by Gasteiger charge is -2.09. The minimum Gasteiger partial charge on any atom is -0.492 e. The van der Waals surface area contributed by atoms with Crippen LogP contribution in [-0.2, 0) is 10.0 Å². The predicted octanol–water partition coefficient (Wildman–Crippen LogP) is 2.04. The minimum absolute atomic E-state index is 0.102. The Labute approximate surface area is 101 Å². The predicted molar refractivity (Wildman–Crippen MR) is 62.8 cm³/mol. The first-order valence-electron chi connectivity index (χ1n) is 5.40. The number of primary sulfonamides is 1. The van der Waals surface area contributed by atoms with Crippen molar-refractivity contribution >= 4 is 10.0 Å². The molecule has 0 aliphatic rings. The molecule has 1 rings (SSSR count). The summed E-state index contributed by atoms with van der Waals surface area (Å²) < 4.78 is 40.7. The highest BCUT2D eigenvalue weighted by molar-refractivity contribution is 7.89. The highest BCUT2D eigenvalue weighted by atomic mass is 32.2. The van der Waals surface area contributed by atoms with E-state index in [0.717, 1.165) is 31.4 Å². The lowest BCUT2D eigenvalue weighted by atomic mass is 10.3. The second-order valence-electron chi connectivity index (χ2n) is 3.69. The van der Waals surface area contributed by atoms with Gasteiger partial charge in [0.25, 0.3) is 0 Å². The summed E-state index contributed by atoms with van der Waals surface area (Å²) in [5.74, 6) is -0.556. The zero-order valence-corrected chi connectivity index (χ0v) is 10.5. The molecule has 0 spiro atoms. The second-order valence-corrected chi connectivity index (χ2v) is 5.22. The number of nitrogens with two attached hydrogens (primary N) is 1. The Hall–Kier alpha value is -1.14. The first-order chi connectivity index (χ1) is 7.95. The van der Waals surface area contributed by atoms with Crippen LogP contribution in [0.5, 0.6) is 5.75 Å². The Morgan fingerprint density at radius 3 is 2.65 bits per heavy atom. The van der Waals surface area contributed by atoms with Crippen LogP contribution in [0.3, 0.4) is 0 Å². The summed E-state index contributed by atoms with van der Waals surface area (Å²) in [6.45, 7) is 2.44. The Bertz CT molecular complexity index is 474. The monoisotopic (exact) mass is 261 g/mol. The zero-order chi connectivity index (χ0) is 12.9. The first kappa shape index (κ1) is 13.9. The van der Waals surface area contributed by atoms with Crippen molar-refractivity contribution in [1.29, 1.82) is 0 Å². The van der Waals surface area contributed by atoms with Gasteiger partial charge in [0.05, 0.1) is 6.61 Å². The number of rotatable bonds is 6. The van der Waals surface area contributed by atoms with Gasteiger partial charge >= 0.3 is 0 Å². The van der Waals surface area contributed by atoms with E-state index in [1.807, 2.05) is 6.92 Å². The summed E-state index contributed by atoms with van der Waals surface area (Å²) in [6.07, 6.45) is 2.85. The molecule has 0 saturated heterocycles. The molecule has 1 aromatic rings. The number of sulfonamides is 1. The molecular weight excluding hydrogens is 245 g/mol. The molecule has 2 N–H and O–H groups in total. The molecule has 0 amide bonds. The molecule has 0 radical (unpaired) electrons. The van der Waals surface area contributed by atoms with Crippen LogP contribution in [0, 0.1) is 5.82 Å². The molecule has 0 aliphatic heterocycles. The third-order valence-electron chi connectivity index (χ3n) is 2.22. The van der Waals surface area contributed by atoms with Crippen molar-refractivity contribution in [2.75, 3.05) is 6.61 Å². The fourth-order valence-electron chi connectivity index (χ4n) is 1.36. The normalized spacial score (nSPS) is 11.5. The smallest absolute Gasteiger partial charge is 0.241 e. The van der Waals surface area contributed by atoms with Crippen LogP contribution in [0.2, 0.25) is 0 Å². The fraction of sp³-hybridized carbons (Fsp3) is 0.455. The SMILES string of the molecule is CCCCCOc1ccc(F)cc1S(N)(=O)=O. The number of unbranched alkanes of at least 4 members (excludes halogenated alkanes) is 2. The molecule has 96 valence electrons. The summed E-state index contributed by atoms with van der Waals surface area (Å²) in [6, 6.07) is 3.29. The van der Waals surface area contributed by atoms with E-state index >= 15 is 0 Å². The lowest BCUT2D eigenvalue weighted by Crippen LogP contribution is -2.14. The molecule has 0 unspecified atom stereocenters. The van der Waals surface area contributed by atoms with Crippen LogP contribution < -0.4 is 9.88 Å². The maximum absolute atomic E-state index is 12.9. The average molecular weight is 261 g/mol. The lowest BCUT2D eigenvalue weighted by molar-refractivity contribution is 0.298. The van der Waals surface area contributed by atoms with Crippen molar-refractivity contribution in [3.8, 4) is 5.75 Å². The molecule has 0 aromatic heterocycles. The topological polar surface area (TPSA) is 69.4 Å². The van der Waals surface area contributed by atoms with Crippen molar-refractivity contribution in [3.63, 3.8) is 0 Å². The molecule has 0 aliphatic carbocycles. The van der Waals surface area contributed by atoms with Gasteiger partial charge in [-0.1, -0.05) is 19.8 Å². The third-order valence-corrected chi connectivity index (χ3v) is 3.15. The van der Waals surface area contributed by atoms with Gasteiger partial charge in [-0.2, -0.15) is 0 Å². The molecule has 4 nitrogen and oxygen atoms in total. The molecule has 6 heteroatoms. The van der Waals surface area contributed by atoms with E-state index in [-0.39, 0.29) is 10.6 Å².